The first kappa shape index (κ1) is 15.2. The van der Waals surface area contributed by atoms with Crippen LogP contribution in [0.1, 0.15) is 35.7 Å². The molecule has 5 nitrogen and oxygen atoms in total. The Morgan fingerprint density at radius 2 is 1.96 bits per heavy atom. The molecule has 0 spiro atoms. The SMILES string of the molecule is CC(=O)Nc1ccc(C(=O)N(Cc2cccnc2)C2CC2)cc1. The topological polar surface area (TPSA) is 62.3 Å². The van der Waals surface area contributed by atoms with Crippen LogP contribution < -0.4 is 5.32 Å². The molecule has 2 amide bonds. The second kappa shape index (κ2) is 6.60. The largest absolute Gasteiger partial charge is 0.331 e. The molecule has 1 aliphatic carbocycles. The number of nitrogens with zero attached hydrogens (tertiary/aromatic N) is 2. The fraction of sp³-hybridized carbons (Fsp3) is 0.278. The first-order valence-electron chi connectivity index (χ1n) is 7.71. The number of nitrogens with one attached hydrogen (secondary N) is 1. The van der Waals surface area contributed by atoms with E-state index in [-0.39, 0.29) is 11.8 Å². The number of pyridine rings is 1. The van der Waals surface area contributed by atoms with Crippen molar-refractivity contribution in [3.05, 3.63) is 59.9 Å². The van der Waals surface area contributed by atoms with Gasteiger partial charge in [0.15, 0.2) is 0 Å². The lowest BCUT2D eigenvalue weighted by Gasteiger charge is -2.22. The molecule has 0 radical (unpaired) electrons. The Kier molecular flexibility index (Phi) is 4.37. The minimum absolute atomic E-state index is 0.0192. The zero-order valence-electron chi connectivity index (χ0n) is 13.0. The Balaban J connectivity index is 1.74. The summed E-state index contributed by atoms with van der Waals surface area (Å²) in [5.41, 5.74) is 2.36. The Morgan fingerprint density at radius 3 is 2.52 bits per heavy atom. The summed E-state index contributed by atoms with van der Waals surface area (Å²) in [6.07, 6.45) is 5.63. The van der Waals surface area contributed by atoms with Crippen LogP contribution in [0.5, 0.6) is 0 Å². The van der Waals surface area contributed by atoms with E-state index in [1.165, 1.54) is 6.92 Å². The van der Waals surface area contributed by atoms with Crippen LogP contribution in [0, 0.1) is 0 Å². The molecule has 23 heavy (non-hydrogen) atoms. The van der Waals surface area contributed by atoms with E-state index in [1.54, 1.807) is 36.7 Å². The van der Waals surface area contributed by atoms with Gasteiger partial charge in [0.25, 0.3) is 5.91 Å². The molecule has 0 atom stereocenters. The van der Waals surface area contributed by atoms with E-state index in [2.05, 4.69) is 10.3 Å². The van der Waals surface area contributed by atoms with Crippen molar-refractivity contribution in [1.29, 1.82) is 0 Å². The molecule has 0 aliphatic heterocycles. The second-order valence-corrected chi connectivity index (χ2v) is 5.78. The normalized spacial score (nSPS) is 13.4. The molecule has 1 aromatic heterocycles. The lowest BCUT2D eigenvalue weighted by Crippen LogP contribution is -2.32. The number of hydrogen-bond acceptors (Lipinski definition) is 3. The molecule has 2 aromatic rings. The van der Waals surface area contributed by atoms with Gasteiger partial charge < -0.3 is 10.2 Å². The second-order valence-electron chi connectivity index (χ2n) is 5.78. The molecular formula is C18H19N3O2. The molecule has 118 valence electrons. The van der Waals surface area contributed by atoms with E-state index in [0.717, 1.165) is 18.4 Å². The highest BCUT2D eigenvalue weighted by atomic mass is 16.2. The van der Waals surface area contributed by atoms with Gasteiger partial charge in [-0.2, -0.15) is 0 Å². The fourth-order valence-electron chi connectivity index (χ4n) is 2.51. The molecule has 1 aromatic carbocycles. The number of benzene rings is 1. The predicted octanol–water partition coefficient (Wildman–Crippen LogP) is 2.84. The maximum absolute atomic E-state index is 12.8. The molecule has 1 N–H and O–H groups in total. The highest BCUT2D eigenvalue weighted by Crippen LogP contribution is 2.30. The summed E-state index contributed by atoms with van der Waals surface area (Å²) in [4.78, 5) is 29.8. The van der Waals surface area contributed by atoms with Crippen LogP contribution in [0.3, 0.4) is 0 Å². The van der Waals surface area contributed by atoms with E-state index in [1.807, 2.05) is 17.0 Å². The first-order chi connectivity index (χ1) is 11.1. The summed E-state index contributed by atoms with van der Waals surface area (Å²) in [6, 6.07) is 11.2. The monoisotopic (exact) mass is 309 g/mol. The molecule has 0 bridgehead atoms. The van der Waals surface area contributed by atoms with Gasteiger partial charge >= 0.3 is 0 Å². The van der Waals surface area contributed by atoms with Gasteiger partial charge in [0.2, 0.25) is 5.91 Å². The zero-order chi connectivity index (χ0) is 16.2. The van der Waals surface area contributed by atoms with Crippen LogP contribution in [-0.2, 0) is 11.3 Å². The summed E-state index contributed by atoms with van der Waals surface area (Å²) in [5, 5.41) is 2.70. The van der Waals surface area contributed by atoms with Crippen LogP contribution >= 0.6 is 0 Å². The minimum atomic E-state index is -0.125. The van der Waals surface area contributed by atoms with Crippen molar-refractivity contribution in [2.24, 2.45) is 0 Å². The Labute approximate surface area is 135 Å². The van der Waals surface area contributed by atoms with Crippen molar-refractivity contribution in [3.8, 4) is 0 Å². The van der Waals surface area contributed by atoms with Gasteiger partial charge in [-0.1, -0.05) is 6.07 Å². The third kappa shape index (κ3) is 3.94. The molecular weight excluding hydrogens is 290 g/mol. The number of rotatable bonds is 5. The summed E-state index contributed by atoms with van der Waals surface area (Å²) in [5.74, 6) is -0.106. The molecule has 1 heterocycles. The standard InChI is InChI=1S/C18H19N3O2/c1-13(22)20-16-6-4-15(5-7-16)18(23)21(17-8-9-17)12-14-3-2-10-19-11-14/h2-7,10-11,17H,8-9,12H2,1H3,(H,20,22). The van der Waals surface area contributed by atoms with Crippen molar-refractivity contribution in [1.82, 2.24) is 9.88 Å². The van der Waals surface area contributed by atoms with Gasteiger partial charge in [0, 0.05) is 43.2 Å². The van der Waals surface area contributed by atoms with E-state index >= 15 is 0 Å². The quantitative estimate of drug-likeness (QED) is 0.924. The Bertz CT molecular complexity index is 694. The van der Waals surface area contributed by atoms with Gasteiger partial charge in [-0.05, 0) is 48.7 Å². The van der Waals surface area contributed by atoms with Gasteiger partial charge in [-0.3, -0.25) is 14.6 Å². The van der Waals surface area contributed by atoms with E-state index in [9.17, 15) is 9.59 Å². The average molecular weight is 309 g/mol. The number of carbonyl (C=O) groups excluding carboxylic acids is 2. The van der Waals surface area contributed by atoms with Crippen LogP contribution in [0.15, 0.2) is 48.8 Å². The van der Waals surface area contributed by atoms with Crippen LogP contribution in [-0.4, -0.2) is 27.7 Å². The minimum Gasteiger partial charge on any atom is -0.331 e. The van der Waals surface area contributed by atoms with Crippen molar-refractivity contribution in [2.45, 2.75) is 32.4 Å². The molecule has 1 saturated carbocycles. The van der Waals surface area contributed by atoms with Crippen LogP contribution in [0.2, 0.25) is 0 Å². The third-order valence-electron chi connectivity index (χ3n) is 3.78. The van der Waals surface area contributed by atoms with E-state index in [0.29, 0.717) is 23.8 Å². The van der Waals surface area contributed by atoms with Gasteiger partial charge in [-0.15, -0.1) is 0 Å². The zero-order valence-corrected chi connectivity index (χ0v) is 13.0. The van der Waals surface area contributed by atoms with Crippen molar-refractivity contribution in [2.75, 3.05) is 5.32 Å². The Morgan fingerprint density at radius 1 is 1.22 bits per heavy atom. The maximum Gasteiger partial charge on any atom is 0.254 e. The predicted molar refractivity (Wildman–Crippen MR) is 87.9 cm³/mol. The molecule has 0 saturated heterocycles. The first-order valence-corrected chi connectivity index (χ1v) is 7.71. The van der Waals surface area contributed by atoms with E-state index < -0.39 is 0 Å². The number of carbonyl (C=O) groups is 2. The number of amides is 2. The van der Waals surface area contributed by atoms with E-state index in [4.69, 9.17) is 0 Å². The highest BCUT2D eigenvalue weighted by molar-refractivity contribution is 5.95. The van der Waals surface area contributed by atoms with Gasteiger partial charge in [-0.25, -0.2) is 0 Å². The van der Waals surface area contributed by atoms with Crippen LogP contribution in [0.25, 0.3) is 0 Å². The van der Waals surface area contributed by atoms with Gasteiger partial charge in [0.05, 0.1) is 0 Å². The highest BCUT2D eigenvalue weighted by Gasteiger charge is 2.33. The molecule has 0 unspecified atom stereocenters. The lowest BCUT2D eigenvalue weighted by molar-refractivity contribution is -0.114. The summed E-state index contributed by atoms with van der Waals surface area (Å²) >= 11 is 0. The number of anilines is 1. The third-order valence-corrected chi connectivity index (χ3v) is 3.78. The summed E-state index contributed by atoms with van der Waals surface area (Å²) in [7, 11) is 0. The molecule has 1 aliphatic rings. The fourth-order valence-corrected chi connectivity index (χ4v) is 2.51. The van der Waals surface area contributed by atoms with Crippen molar-refractivity contribution < 1.29 is 9.59 Å². The summed E-state index contributed by atoms with van der Waals surface area (Å²) < 4.78 is 0. The molecule has 5 heteroatoms. The smallest absolute Gasteiger partial charge is 0.254 e. The molecule has 1 fully saturated rings. The summed E-state index contributed by atoms with van der Waals surface area (Å²) in [6.45, 7) is 2.03. The molecule has 3 rings (SSSR count). The van der Waals surface area contributed by atoms with Gasteiger partial charge in [0.1, 0.15) is 0 Å². The number of hydrogen-bond donors (Lipinski definition) is 1. The van der Waals surface area contributed by atoms with Crippen molar-refractivity contribution >= 4 is 17.5 Å². The number of aromatic nitrogens is 1. The maximum atomic E-state index is 12.8. The average Bonchev–Trinajstić information content (AvgIpc) is 3.38. The Hall–Kier alpha value is -2.69. The lowest BCUT2D eigenvalue weighted by atomic mass is 10.1. The van der Waals surface area contributed by atoms with Crippen molar-refractivity contribution in [3.63, 3.8) is 0 Å². The van der Waals surface area contributed by atoms with Crippen LogP contribution in [0.4, 0.5) is 5.69 Å².